The van der Waals surface area contributed by atoms with Gasteiger partial charge in [0.05, 0.1) is 12.2 Å². The van der Waals surface area contributed by atoms with E-state index in [9.17, 15) is 4.79 Å². The molecule has 1 aromatic heterocycles. The summed E-state index contributed by atoms with van der Waals surface area (Å²) in [5.41, 5.74) is 1.89. The Bertz CT molecular complexity index is 365. The Morgan fingerprint density at radius 3 is 2.56 bits per heavy atom. The number of carbonyl (C=O) groups excluding carboxylic acids is 1. The number of aryl methyl sites for hydroxylation is 1. The van der Waals surface area contributed by atoms with Crippen LogP contribution in [0.25, 0.3) is 0 Å². The summed E-state index contributed by atoms with van der Waals surface area (Å²) < 4.78 is 0. The number of rotatable bonds is 3. The molecule has 0 unspecified atom stereocenters. The topological polar surface area (TPSA) is 36.4 Å². The summed E-state index contributed by atoms with van der Waals surface area (Å²) in [5, 5.41) is 0. The number of aromatic nitrogens is 1. The van der Waals surface area contributed by atoms with Crippen molar-refractivity contribution >= 4 is 6.03 Å². The zero-order valence-electron chi connectivity index (χ0n) is 10.4. The van der Waals surface area contributed by atoms with Crippen molar-refractivity contribution in [2.24, 2.45) is 0 Å². The predicted octanol–water partition coefficient (Wildman–Crippen LogP) is 1.89. The molecule has 88 valence electrons. The molecule has 0 atom stereocenters. The van der Waals surface area contributed by atoms with E-state index < -0.39 is 0 Å². The van der Waals surface area contributed by atoms with Gasteiger partial charge in [-0.25, -0.2) is 4.79 Å². The van der Waals surface area contributed by atoms with Crippen LogP contribution in [0, 0.1) is 6.92 Å². The van der Waals surface area contributed by atoms with Gasteiger partial charge >= 0.3 is 6.03 Å². The molecule has 0 saturated carbocycles. The highest BCUT2D eigenvalue weighted by Crippen LogP contribution is 2.03. The predicted molar refractivity (Wildman–Crippen MR) is 64.1 cm³/mol. The van der Waals surface area contributed by atoms with E-state index in [0.29, 0.717) is 13.1 Å². The third-order valence-corrected chi connectivity index (χ3v) is 2.47. The SMILES string of the molecule is CCN(C)C(=O)N(C)Cc1cccc(C)n1. The van der Waals surface area contributed by atoms with Gasteiger partial charge in [-0.1, -0.05) is 6.07 Å². The third kappa shape index (κ3) is 3.22. The highest BCUT2D eigenvalue weighted by atomic mass is 16.2. The summed E-state index contributed by atoms with van der Waals surface area (Å²) in [6.07, 6.45) is 0. The summed E-state index contributed by atoms with van der Waals surface area (Å²) in [5.74, 6) is 0. The zero-order chi connectivity index (χ0) is 12.1. The van der Waals surface area contributed by atoms with Crippen molar-refractivity contribution in [3.63, 3.8) is 0 Å². The van der Waals surface area contributed by atoms with Crippen LogP contribution < -0.4 is 0 Å². The monoisotopic (exact) mass is 221 g/mol. The molecule has 0 aromatic carbocycles. The summed E-state index contributed by atoms with van der Waals surface area (Å²) >= 11 is 0. The minimum Gasteiger partial charge on any atom is -0.328 e. The first kappa shape index (κ1) is 12.5. The maximum absolute atomic E-state index is 11.8. The van der Waals surface area contributed by atoms with Crippen LogP contribution in [0.1, 0.15) is 18.3 Å². The van der Waals surface area contributed by atoms with Gasteiger partial charge < -0.3 is 9.80 Å². The number of amides is 2. The lowest BCUT2D eigenvalue weighted by molar-refractivity contribution is 0.173. The van der Waals surface area contributed by atoms with E-state index in [2.05, 4.69) is 4.98 Å². The minimum atomic E-state index is 0.0193. The molecule has 0 saturated heterocycles. The number of urea groups is 1. The summed E-state index contributed by atoms with van der Waals surface area (Å²) in [4.78, 5) is 19.5. The fraction of sp³-hybridized carbons (Fsp3) is 0.500. The molecule has 0 fully saturated rings. The molecule has 0 radical (unpaired) electrons. The van der Waals surface area contributed by atoms with E-state index in [4.69, 9.17) is 0 Å². The second-order valence-corrected chi connectivity index (χ2v) is 3.92. The molecule has 16 heavy (non-hydrogen) atoms. The van der Waals surface area contributed by atoms with E-state index >= 15 is 0 Å². The molecule has 4 nitrogen and oxygen atoms in total. The Hall–Kier alpha value is -1.58. The van der Waals surface area contributed by atoms with Gasteiger partial charge in [-0.05, 0) is 26.0 Å². The smallest absolute Gasteiger partial charge is 0.319 e. The van der Waals surface area contributed by atoms with E-state index in [1.165, 1.54) is 0 Å². The zero-order valence-corrected chi connectivity index (χ0v) is 10.4. The van der Waals surface area contributed by atoms with E-state index in [-0.39, 0.29) is 6.03 Å². The Kier molecular flexibility index (Phi) is 4.28. The lowest BCUT2D eigenvalue weighted by Crippen LogP contribution is -2.38. The fourth-order valence-electron chi connectivity index (χ4n) is 1.42. The highest BCUT2D eigenvalue weighted by Gasteiger charge is 2.12. The van der Waals surface area contributed by atoms with Gasteiger partial charge in [-0.2, -0.15) is 0 Å². The molecule has 0 bridgehead atoms. The first-order valence-corrected chi connectivity index (χ1v) is 5.43. The van der Waals surface area contributed by atoms with Gasteiger partial charge in [-0.15, -0.1) is 0 Å². The first-order chi connectivity index (χ1) is 7.54. The molecule has 1 rings (SSSR count). The van der Waals surface area contributed by atoms with Crippen LogP contribution >= 0.6 is 0 Å². The molecule has 4 heteroatoms. The molecule has 0 spiro atoms. The molecular formula is C12H19N3O. The van der Waals surface area contributed by atoms with Crippen molar-refractivity contribution in [2.75, 3.05) is 20.6 Å². The van der Waals surface area contributed by atoms with Crippen molar-refractivity contribution in [1.29, 1.82) is 0 Å². The molecule has 1 heterocycles. The van der Waals surface area contributed by atoms with Crippen LogP contribution in [0.3, 0.4) is 0 Å². The van der Waals surface area contributed by atoms with Gasteiger partial charge in [0.2, 0.25) is 0 Å². The Balaban J connectivity index is 2.64. The largest absolute Gasteiger partial charge is 0.328 e. The standard InChI is InChI=1S/C12H19N3O/c1-5-14(3)12(16)15(4)9-11-8-6-7-10(2)13-11/h6-8H,5,9H2,1-4H3. The van der Waals surface area contributed by atoms with Crippen molar-refractivity contribution in [3.05, 3.63) is 29.6 Å². The first-order valence-electron chi connectivity index (χ1n) is 5.43. The van der Waals surface area contributed by atoms with Gasteiger partial charge in [0, 0.05) is 26.3 Å². The molecule has 0 aliphatic carbocycles. The van der Waals surface area contributed by atoms with Crippen LogP contribution in [-0.4, -0.2) is 41.5 Å². The second kappa shape index (κ2) is 5.49. The maximum atomic E-state index is 11.8. The van der Waals surface area contributed by atoms with Crippen LogP contribution in [-0.2, 0) is 6.54 Å². The van der Waals surface area contributed by atoms with Gasteiger partial charge in [-0.3, -0.25) is 4.98 Å². The molecule has 2 amide bonds. The Morgan fingerprint density at radius 2 is 2.00 bits per heavy atom. The third-order valence-electron chi connectivity index (χ3n) is 2.47. The summed E-state index contributed by atoms with van der Waals surface area (Å²) in [6, 6.07) is 5.86. The molecule has 0 N–H and O–H groups in total. The quantitative estimate of drug-likeness (QED) is 0.781. The number of carbonyl (C=O) groups is 1. The molecular weight excluding hydrogens is 202 g/mol. The van der Waals surface area contributed by atoms with Crippen LogP contribution in [0.4, 0.5) is 4.79 Å². The fourth-order valence-corrected chi connectivity index (χ4v) is 1.42. The van der Waals surface area contributed by atoms with E-state index in [1.54, 1.807) is 23.9 Å². The highest BCUT2D eigenvalue weighted by molar-refractivity contribution is 5.73. The molecule has 1 aromatic rings. The maximum Gasteiger partial charge on any atom is 0.319 e. The van der Waals surface area contributed by atoms with Crippen molar-refractivity contribution in [1.82, 2.24) is 14.8 Å². The Morgan fingerprint density at radius 1 is 1.31 bits per heavy atom. The van der Waals surface area contributed by atoms with Crippen molar-refractivity contribution in [3.8, 4) is 0 Å². The summed E-state index contributed by atoms with van der Waals surface area (Å²) in [7, 11) is 3.58. The van der Waals surface area contributed by atoms with Gasteiger partial charge in [0.1, 0.15) is 0 Å². The van der Waals surface area contributed by atoms with E-state index in [1.807, 2.05) is 32.0 Å². The van der Waals surface area contributed by atoms with Gasteiger partial charge in [0.25, 0.3) is 0 Å². The number of pyridine rings is 1. The van der Waals surface area contributed by atoms with Crippen LogP contribution in [0.2, 0.25) is 0 Å². The average molecular weight is 221 g/mol. The summed E-state index contributed by atoms with van der Waals surface area (Å²) in [6.45, 7) is 5.16. The number of hydrogen-bond acceptors (Lipinski definition) is 2. The number of hydrogen-bond donors (Lipinski definition) is 0. The normalized spacial score (nSPS) is 10.0. The van der Waals surface area contributed by atoms with Crippen LogP contribution in [0.15, 0.2) is 18.2 Å². The number of nitrogens with zero attached hydrogens (tertiary/aromatic N) is 3. The van der Waals surface area contributed by atoms with E-state index in [0.717, 1.165) is 11.4 Å². The molecule has 0 aliphatic heterocycles. The molecule has 0 aliphatic rings. The van der Waals surface area contributed by atoms with Crippen molar-refractivity contribution in [2.45, 2.75) is 20.4 Å². The second-order valence-electron chi connectivity index (χ2n) is 3.92. The minimum absolute atomic E-state index is 0.0193. The van der Waals surface area contributed by atoms with Crippen LogP contribution in [0.5, 0.6) is 0 Å². The Labute approximate surface area is 96.9 Å². The van der Waals surface area contributed by atoms with Gasteiger partial charge in [0.15, 0.2) is 0 Å². The lowest BCUT2D eigenvalue weighted by Gasteiger charge is -2.23. The van der Waals surface area contributed by atoms with Crippen molar-refractivity contribution < 1.29 is 4.79 Å². The average Bonchev–Trinajstić information content (AvgIpc) is 2.27. The lowest BCUT2D eigenvalue weighted by atomic mass is 10.3.